The molecule has 0 saturated heterocycles. The minimum atomic E-state index is -0.293. The van der Waals surface area contributed by atoms with Crippen molar-refractivity contribution in [1.82, 2.24) is 20.2 Å². The molecule has 1 aliphatic carbocycles. The Labute approximate surface area is 154 Å². The lowest BCUT2D eigenvalue weighted by molar-refractivity contribution is 0.557. The molecule has 2 N–H and O–H groups in total. The van der Waals surface area contributed by atoms with Gasteiger partial charge in [-0.3, -0.25) is 4.68 Å². The van der Waals surface area contributed by atoms with E-state index in [1.54, 1.807) is 4.68 Å². The Hall–Kier alpha value is -3.03. The first-order valence-corrected chi connectivity index (χ1v) is 8.90. The van der Waals surface area contributed by atoms with Crippen LogP contribution in [0.1, 0.15) is 35.7 Å². The van der Waals surface area contributed by atoms with E-state index in [1.165, 1.54) is 24.5 Å². The summed E-state index contributed by atoms with van der Waals surface area (Å²) in [5.41, 5.74) is 7.35. The van der Waals surface area contributed by atoms with Gasteiger partial charge in [-0.15, -0.1) is 0 Å². The third-order valence-electron chi connectivity index (χ3n) is 5.40. The zero-order valence-electron chi connectivity index (χ0n) is 14.7. The summed E-state index contributed by atoms with van der Waals surface area (Å²) in [6, 6.07) is 2.83. The molecule has 1 aromatic carbocycles. The molecular formula is C19H18F2N6. The molecule has 3 heterocycles. The molecule has 2 aliphatic heterocycles. The molecule has 0 spiro atoms. The summed E-state index contributed by atoms with van der Waals surface area (Å²) in [5.74, 6) is 0.114. The van der Waals surface area contributed by atoms with Crippen LogP contribution in [0, 0.1) is 5.82 Å². The van der Waals surface area contributed by atoms with Crippen molar-refractivity contribution in [2.24, 2.45) is 12.1 Å². The van der Waals surface area contributed by atoms with Gasteiger partial charge in [-0.2, -0.15) is 10.2 Å². The number of allylic oxidation sites excluding steroid dienone is 3. The van der Waals surface area contributed by atoms with Gasteiger partial charge in [0.15, 0.2) is 0 Å². The molecule has 5 rings (SSSR count). The van der Waals surface area contributed by atoms with Crippen LogP contribution in [-0.2, 0) is 13.6 Å². The minimum Gasteiger partial charge on any atom is -0.377 e. The van der Waals surface area contributed by atoms with E-state index in [1.807, 2.05) is 13.1 Å². The second kappa shape index (κ2) is 6.00. The Morgan fingerprint density at radius 1 is 1.19 bits per heavy atom. The number of halogens is 2. The predicted molar refractivity (Wildman–Crippen MR) is 97.4 cm³/mol. The van der Waals surface area contributed by atoms with Gasteiger partial charge >= 0.3 is 0 Å². The van der Waals surface area contributed by atoms with E-state index in [2.05, 4.69) is 25.9 Å². The zero-order valence-corrected chi connectivity index (χ0v) is 14.7. The maximum atomic E-state index is 14.1. The van der Waals surface area contributed by atoms with Crippen LogP contribution in [0.25, 0.3) is 0 Å². The van der Waals surface area contributed by atoms with Crippen LogP contribution in [0.5, 0.6) is 0 Å². The van der Waals surface area contributed by atoms with Crippen molar-refractivity contribution in [2.75, 3.05) is 5.32 Å². The van der Waals surface area contributed by atoms with Gasteiger partial charge in [0.05, 0.1) is 24.2 Å². The minimum absolute atomic E-state index is 0.129. The predicted octanol–water partition coefficient (Wildman–Crippen LogP) is 2.91. The first kappa shape index (κ1) is 16.2. The third-order valence-corrected chi connectivity index (χ3v) is 5.40. The van der Waals surface area contributed by atoms with Crippen molar-refractivity contribution in [3.63, 3.8) is 0 Å². The number of nitrogens with zero attached hydrogens (tertiary/aromatic N) is 4. The van der Waals surface area contributed by atoms with E-state index in [-0.39, 0.29) is 23.6 Å². The third kappa shape index (κ3) is 2.55. The Morgan fingerprint density at radius 2 is 2.07 bits per heavy atom. The van der Waals surface area contributed by atoms with E-state index >= 15 is 0 Å². The summed E-state index contributed by atoms with van der Waals surface area (Å²) in [6.45, 7) is 0.470. The van der Waals surface area contributed by atoms with Crippen LogP contribution in [-0.4, -0.2) is 26.5 Å². The maximum Gasteiger partial charge on any atom is 0.138 e. The lowest BCUT2D eigenvalue weighted by Gasteiger charge is -2.39. The molecule has 0 saturated carbocycles. The topological polar surface area (TPSA) is 67.1 Å². The highest BCUT2D eigenvalue weighted by Crippen LogP contribution is 2.41. The summed E-state index contributed by atoms with van der Waals surface area (Å²) in [5, 5.41) is 12.3. The van der Waals surface area contributed by atoms with Crippen molar-refractivity contribution < 1.29 is 8.78 Å². The van der Waals surface area contributed by atoms with Crippen LogP contribution >= 0.6 is 0 Å². The number of hydrazone groups is 1. The smallest absolute Gasteiger partial charge is 0.138 e. The number of aryl methyl sites for hydroxylation is 1. The number of nitrogens with one attached hydrogen (secondary N) is 2. The van der Waals surface area contributed by atoms with E-state index in [0.29, 0.717) is 25.1 Å². The van der Waals surface area contributed by atoms with Crippen LogP contribution < -0.4 is 10.7 Å². The molecule has 1 aromatic heterocycles. The maximum absolute atomic E-state index is 14.1. The number of hydrogen-bond donors (Lipinski definition) is 2. The molecule has 2 unspecified atom stereocenters. The lowest BCUT2D eigenvalue weighted by Crippen LogP contribution is -2.43. The average Bonchev–Trinajstić information content (AvgIpc) is 3.07. The molecule has 6 nitrogen and oxygen atoms in total. The molecule has 0 radical (unpaired) electrons. The summed E-state index contributed by atoms with van der Waals surface area (Å²) in [7, 11) is 1.84. The average molecular weight is 368 g/mol. The van der Waals surface area contributed by atoms with Gasteiger partial charge in [-0.1, -0.05) is 6.08 Å². The molecule has 0 bridgehead atoms. The highest BCUT2D eigenvalue weighted by atomic mass is 19.1. The molecule has 138 valence electrons. The van der Waals surface area contributed by atoms with E-state index < -0.39 is 0 Å². The van der Waals surface area contributed by atoms with Gasteiger partial charge in [0.1, 0.15) is 23.8 Å². The molecule has 2 aromatic rings. The fourth-order valence-corrected chi connectivity index (χ4v) is 4.17. The van der Waals surface area contributed by atoms with Crippen LogP contribution in [0.4, 0.5) is 14.5 Å². The van der Waals surface area contributed by atoms with E-state index in [9.17, 15) is 8.78 Å². The van der Waals surface area contributed by atoms with Crippen molar-refractivity contribution in [1.29, 1.82) is 0 Å². The molecule has 3 aliphatic rings. The molecule has 0 amide bonds. The molecule has 2 atom stereocenters. The zero-order chi connectivity index (χ0) is 18.5. The normalized spacial score (nSPS) is 23.4. The van der Waals surface area contributed by atoms with Gasteiger partial charge in [-0.25, -0.2) is 13.8 Å². The second-order valence-electron chi connectivity index (χ2n) is 7.02. The number of benzene rings is 1. The van der Waals surface area contributed by atoms with Crippen molar-refractivity contribution in [3.8, 4) is 0 Å². The summed E-state index contributed by atoms with van der Waals surface area (Å²) in [4.78, 5) is 4.45. The summed E-state index contributed by atoms with van der Waals surface area (Å²) >= 11 is 0. The number of rotatable bonds is 2. The van der Waals surface area contributed by atoms with Gasteiger partial charge in [-0.05, 0) is 35.8 Å². The summed E-state index contributed by atoms with van der Waals surface area (Å²) < 4.78 is 29.4. The van der Waals surface area contributed by atoms with Crippen molar-refractivity contribution in [2.45, 2.75) is 31.3 Å². The number of hydrogen-bond acceptors (Lipinski definition) is 5. The van der Waals surface area contributed by atoms with Crippen molar-refractivity contribution in [3.05, 3.63) is 64.8 Å². The fourth-order valence-electron chi connectivity index (χ4n) is 4.17. The SMILES string of the molecule is Cn1ncnc1C1C2=NNCc3cc(F)cc(c32)NC1C1=CC=C(F)CC1. The van der Waals surface area contributed by atoms with Gasteiger partial charge in [0.2, 0.25) is 0 Å². The monoisotopic (exact) mass is 368 g/mol. The van der Waals surface area contributed by atoms with Crippen molar-refractivity contribution >= 4 is 11.4 Å². The Morgan fingerprint density at radius 3 is 2.81 bits per heavy atom. The second-order valence-corrected chi connectivity index (χ2v) is 7.02. The molecule has 0 fully saturated rings. The standard InChI is InChI=1S/C19H18F2N6/c1-27-19(22-9-24-27)16-17(10-2-4-12(20)5-3-10)25-14-7-13(21)6-11-8-23-26-18(16)15(11)14/h2,4,6-7,9,16-17,23,25H,3,5,8H2,1H3. The first-order chi connectivity index (χ1) is 13.1. The first-order valence-electron chi connectivity index (χ1n) is 8.90. The molecular weight excluding hydrogens is 350 g/mol. The van der Waals surface area contributed by atoms with Gasteiger partial charge in [0, 0.05) is 24.7 Å². The molecule has 8 heteroatoms. The quantitative estimate of drug-likeness (QED) is 0.855. The fraction of sp³-hybridized carbons (Fsp3) is 0.316. The van der Waals surface area contributed by atoms with Crippen LogP contribution in [0.2, 0.25) is 0 Å². The largest absolute Gasteiger partial charge is 0.377 e. The highest BCUT2D eigenvalue weighted by molar-refractivity contribution is 6.12. The van der Waals surface area contributed by atoms with Gasteiger partial charge in [0.25, 0.3) is 0 Å². The summed E-state index contributed by atoms with van der Waals surface area (Å²) in [6.07, 6.45) is 5.77. The van der Waals surface area contributed by atoms with E-state index in [0.717, 1.165) is 28.2 Å². The number of aromatic nitrogens is 3. The van der Waals surface area contributed by atoms with E-state index in [4.69, 9.17) is 0 Å². The number of anilines is 1. The Kier molecular flexibility index (Phi) is 3.60. The Balaban J connectivity index is 1.71. The lowest BCUT2D eigenvalue weighted by atomic mass is 9.77. The molecule has 27 heavy (non-hydrogen) atoms. The van der Waals surface area contributed by atoms with Gasteiger partial charge < -0.3 is 10.7 Å². The Bertz CT molecular complexity index is 1020. The van der Waals surface area contributed by atoms with Crippen LogP contribution in [0.3, 0.4) is 0 Å². The van der Waals surface area contributed by atoms with Crippen LogP contribution in [0.15, 0.2) is 47.1 Å². The highest BCUT2D eigenvalue weighted by Gasteiger charge is 2.41.